The van der Waals surface area contributed by atoms with Gasteiger partial charge in [0.25, 0.3) is 0 Å². The number of carbonyl (C=O) groups is 10. The minimum absolute atomic E-state index is 0.176. The van der Waals surface area contributed by atoms with Crippen LogP contribution in [-0.4, -0.2) is 210 Å². The van der Waals surface area contributed by atoms with Gasteiger partial charge in [-0.15, -0.1) is 0 Å². The summed E-state index contributed by atoms with van der Waals surface area (Å²) in [5.41, 5.74) is 6.81. The van der Waals surface area contributed by atoms with E-state index in [1.807, 2.05) is 0 Å². The monoisotopic (exact) mass is 1030 g/mol. The molecule has 0 fully saturated rings. The largest absolute Gasteiger partial charge is 0.480 e. The number of aromatic amines is 1. The number of carboxylic acid groups (broad SMARTS) is 1. The number of nitrogens with two attached hydrogens (primary N) is 1. The number of aliphatic hydroxyl groups is 7. The number of amides is 9. The van der Waals surface area contributed by atoms with Gasteiger partial charge in [0.05, 0.1) is 44.7 Å². The molecule has 0 aliphatic heterocycles. The minimum atomic E-state index is -1.93. The van der Waals surface area contributed by atoms with E-state index in [2.05, 4.69) is 52.8 Å². The second-order valence-electron chi connectivity index (χ2n) is 17.1. The number of hydrogen-bond donors (Lipinski definition) is 19. The third-order valence-corrected chi connectivity index (χ3v) is 10.9. The van der Waals surface area contributed by atoms with Crippen LogP contribution in [0.25, 0.3) is 10.9 Å². The van der Waals surface area contributed by atoms with Crippen molar-refractivity contribution in [2.24, 2.45) is 11.7 Å². The Labute approximate surface area is 411 Å². The molecule has 0 bridgehead atoms. The van der Waals surface area contributed by atoms with E-state index in [1.165, 1.54) is 20.8 Å². The Balaban J connectivity index is 2.07. The van der Waals surface area contributed by atoms with Crippen LogP contribution in [0.3, 0.4) is 0 Å². The first-order valence-electron chi connectivity index (χ1n) is 22.5. The van der Waals surface area contributed by atoms with E-state index in [-0.39, 0.29) is 6.42 Å². The fourth-order valence-corrected chi connectivity index (χ4v) is 6.55. The molecule has 9 amide bonds. The average Bonchev–Trinajstić information content (AvgIpc) is 3.73. The van der Waals surface area contributed by atoms with Crippen molar-refractivity contribution >= 4 is 70.0 Å². The average molecular weight is 1030 g/mol. The van der Waals surface area contributed by atoms with E-state index in [1.54, 1.807) is 30.5 Å². The number of nitrogens with one attached hydrogen (secondary N) is 10. The van der Waals surface area contributed by atoms with Crippen molar-refractivity contribution in [3.05, 3.63) is 36.0 Å². The smallest absolute Gasteiger partial charge is 0.326 e. The number of aromatic nitrogens is 1. The maximum absolute atomic E-state index is 13.4. The Bertz CT molecular complexity index is 2220. The highest BCUT2D eigenvalue weighted by Crippen LogP contribution is 2.19. The van der Waals surface area contributed by atoms with E-state index in [0.717, 1.165) is 20.8 Å². The van der Waals surface area contributed by atoms with Crippen molar-refractivity contribution in [1.82, 2.24) is 52.8 Å². The molecule has 2 rings (SSSR count). The maximum atomic E-state index is 13.4. The van der Waals surface area contributed by atoms with E-state index in [0.29, 0.717) is 16.5 Å². The number of carboxylic acids is 1. The zero-order chi connectivity index (χ0) is 54.7. The number of benzene rings is 1. The summed E-state index contributed by atoms with van der Waals surface area (Å²) in [7, 11) is 0. The van der Waals surface area contributed by atoms with Crippen molar-refractivity contribution in [2.45, 2.75) is 127 Å². The fraction of sp³-hybridized carbons (Fsp3) is 0.581. The van der Waals surface area contributed by atoms with Gasteiger partial charge in [-0.05, 0) is 45.2 Å². The molecule has 0 saturated carbocycles. The summed E-state index contributed by atoms with van der Waals surface area (Å²) >= 11 is 0. The van der Waals surface area contributed by atoms with Gasteiger partial charge in [0.15, 0.2) is 0 Å². The molecule has 20 N–H and O–H groups in total. The lowest BCUT2D eigenvalue weighted by atomic mass is 10.0. The van der Waals surface area contributed by atoms with Gasteiger partial charge in [-0.3, -0.25) is 43.2 Å². The first kappa shape index (κ1) is 61.3. The lowest BCUT2D eigenvalue weighted by molar-refractivity contribution is -0.142. The van der Waals surface area contributed by atoms with E-state index in [4.69, 9.17) is 5.73 Å². The lowest BCUT2D eigenvalue weighted by Gasteiger charge is -2.29. The van der Waals surface area contributed by atoms with Crippen LogP contribution in [0, 0.1) is 5.92 Å². The van der Waals surface area contributed by atoms with Gasteiger partial charge in [0.1, 0.15) is 60.4 Å². The summed E-state index contributed by atoms with van der Waals surface area (Å²) < 4.78 is 0. The van der Waals surface area contributed by atoms with Gasteiger partial charge >= 0.3 is 5.97 Å². The van der Waals surface area contributed by atoms with Crippen LogP contribution in [0.1, 0.15) is 47.1 Å². The Morgan fingerprint density at radius 3 is 1.31 bits per heavy atom. The summed E-state index contributed by atoms with van der Waals surface area (Å²) in [4.78, 5) is 133. The molecular weight excluding hydrogens is 959 g/mol. The predicted molar refractivity (Wildman–Crippen MR) is 249 cm³/mol. The molecule has 1 aromatic heterocycles. The van der Waals surface area contributed by atoms with Crippen LogP contribution >= 0.6 is 0 Å². The molecule has 0 aliphatic rings. The Hall–Kier alpha value is -6.86. The standard InChI is InChI=1S/C43H67N11O18/c1-17(2)31(52-37(65)29(16-58)51-41(69)32(20(5)60)54-42(70)33(21(6)61)53-38(66)28(15-57)50-39(67)30(44)19(4)59)40(68)46-18(3)34(62)48-26(13-55)36(64)49-27(14-56)35(63)47-25(43(71)72)11-22-12-45-24-10-8-7-9-23(22)24/h7-10,12,17-21,25-33,45,55-61H,11,13-16,44H2,1-6H3,(H,46,68)(H,47,63)(H,48,62)(H,49,64)(H,50,67)(H,51,69)(H,52,65)(H,53,66)(H,54,70)(H,71,72)/t18-,19+,20+,21+,25-,26-,27-,28-,29-,30-,31-,32-,33-/m0/s1. The molecule has 0 radical (unpaired) electrons. The number of aliphatic hydroxyl groups excluding tert-OH is 7. The molecule has 0 aliphatic carbocycles. The summed E-state index contributed by atoms with van der Waals surface area (Å²) in [6.07, 6.45) is -3.39. The number of carbonyl (C=O) groups excluding carboxylic acids is 9. The summed E-state index contributed by atoms with van der Waals surface area (Å²) in [6.45, 7) is 3.18. The number of fused-ring (bicyclic) bond motifs is 1. The molecule has 0 saturated heterocycles. The molecule has 29 heteroatoms. The van der Waals surface area contributed by atoms with Crippen LogP contribution in [0.2, 0.25) is 0 Å². The van der Waals surface area contributed by atoms with E-state index in [9.17, 15) is 88.8 Å². The highest BCUT2D eigenvalue weighted by Gasteiger charge is 2.37. The van der Waals surface area contributed by atoms with Gasteiger partial charge in [-0.2, -0.15) is 0 Å². The predicted octanol–water partition coefficient (Wildman–Crippen LogP) is -8.73. The zero-order valence-electron chi connectivity index (χ0n) is 40.2. The molecule has 72 heavy (non-hydrogen) atoms. The van der Waals surface area contributed by atoms with Gasteiger partial charge < -0.3 is 99.4 Å². The van der Waals surface area contributed by atoms with Gasteiger partial charge in [-0.1, -0.05) is 32.0 Å². The van der Waals surface area contributed by atoms with Crippen LogP contribution in [0.5, 0.6) is 0 Å². The molecule has 402 valence electrons. The SMILES string of the molecule is CC(C)[C@H](NC(=O)[C@H](CO)NC(=O)[C@@H](NC(=O)[C@@H](NC(=O)[C@H](CO)NC(=O)[C@@H](N)[C@@H](C)O)[C@@H](C)O)[C@@H](C)O)C(=O)N[C@@H](C)C(=O)N[C@@H](CO)C(=O)N[C@@H](CO)C(=O)N[C@@H](Cc1c[nH]c2ccccc12)C(=O)O. The summed E-state index contributed by atoms with van der Waals surface area (Å²) in [5.74, 6) is -12.5. The normalized spacial score (nSPS) is 16.8. The quantitative estimate of drug-likeness (QED) is 0.0360. The molecule has 2 aromatic rings. The molecule has 1 heterocycles. The zero-order valence-corrected chi connectivity index (χ0v) is 40.2. The highest BCUT2D eigenvalue weighted by atomic mass is 16.4. The number of hydrogen-bond acceptors (Lipinski definition) is 18. The topological polar surface area (TPSA) is 483 Å². The summed E-state index contributed by atoms with van der Waals surface area (Å²) in [6, 6.07) is -9.90. The molecule has 0 unspecified atom stereocenters. The molecule has 0 spiro atoms. The first-order valence-corrected chi connectivity index (χ1v) is 22.5. The third-order valence-electron chi connectivity index (χ3n) is 10.9. The van der Waals surface area contributed by atoms with E-state index < -0.39 is 170 Å². The maximum Gasteiger partial charge on any atom is 0.326 e. The Kier molecular flexibility index (Phi) is 24.5. The van der Waals surface area contributed by atoms with Crippen molar-refractivity contribution in [3.63, 3.8) is 0 Å². The molecule has 1 aromatic carbocycles. The van der Waals surface area contributed by atoms with Gasteiger partial charge in [0, 0.05) is 23.5 Å². The Morgan fingerprint density at radius 1 is 0.486 bits per heavy atom. The number of H-pyrrole nitrogens is 1. The highest BCUT2D eigenvalue weighted by molar-refractivity contribution is 5.99. The second kappa shape index (κ2) is 28.9. The molecule has 13 atom stereocenters. The van der Waals surface area contributed by atoms with Crippen LogP contribution in [-0.2, 0) is 54.4 Å². The number of rotatable bonds is 29. The van der Waals surface area contributed by atoms with Crippen molar-refractivity contribution in [3.8, 4) is 0 Å². The Morgan fingerprint density at radius 2 is 0.861 bits per heavy atom. The van der Waals surface area contributed by atoms with Crippen molar-refractivity contribution < 1.29 is 88.8 Å². The van der Waals surface area contributed by atoms with E-state index >= 15 is 0 Å². The third kappa shape index (κ3) is 17.8. The minimum Gasteiger partial charge on any atom is -0.480 e. The van der Waals surface area contributed by atoms with Crippen molar-refractivity contribution in [1.29, 1.82) is 0 Å². The second-order valence-corrected chi connectivity index (χ2v) is 17.1. The first-order chi connectivity index (χ1) is 33.7. The fourth-order valence-electron chi connectivity index (χ4n) is 6.55. The number of aliphatic carboxylic acids is 1. The van der Waals surface area contributed by atoms with Crippen LogP contribution < -0.4 is 53.6 Å². The van der Waals surface area contributed by atoms with Crippen molar-refractivity contribution in [2.75, 3.05) is 26.4 Å². The van der Waals surface area contributed by atoms with Crippen LogP contribution in [0.15, 0.2) is 30.5 Å². The summed E-state index contributed by atoms with van der Waals surface area (Å²) in [5, 5.41) is 99.9. The molecular formula is C43H67N11O18. The number of para-hydroxylation sites is 1. The lowest BCUT2D eigenvalue weighted by Crippen LogP contribution is -2.64. The molecule has 29 nitrogen and oxygen atoms in total. The van der Waals surface area contributed by atoms with Gasteiger partial charge in [0.2, 0.25) is 53.2 Å². The van der Waals surface area contributed by atoms with Crippen LogP contribution in [0.4, 0.5) is 0 Å². The van der Waals surface area contributed by atoms with Gasteiger partial charge in [-0.25, -0.2) is 4.79 Å².